The van der Waals surface area contributed by atoms with Crippen LogP contribution in [0.3, 0.4) is 0 Å². The molecule has 1 N–H and O–H groups in total. The molecular weight excluding hydrogens is 330 g/mol. The van der Waals surface area contributed by atoms with Crippen LogP contribution >= 0.6 is 23.1 Å². The van der Waals surface area contributed by atoms with E-state index in [0.29, 0.717) is 6.42 Å². The van der Waals surface area contributed by atoms with Crippen molar-refractivity contribution in [3.8, 4) is 0 Å². The summed E-state index contributed by atoms with van der Waals surface area (Å²) in [7, 11) is -2.98. The number of aliphatic carboxylic acids is 1. The molecule has 1 aliphatic rings. The monoisotopic (exact) mass is 349 g/mol. The molecule has 2 rings (SSSR count). The molecule has 0 bridgehead atoms. The van der Waals surface area contributed by atoms with E-state index in [2.05, 4.69) is 4.98 Å². The largest absolute Gasteiger partial charge is 0.481 e. The van der Waals surface area contributed by atoms with E-state index in [1.54, 1.807) is 11.8 Å². The van der Waals surface area contributed by atoms with Crippen LogP contribution in [0.4, 0.5) is 0 Å². The van der Waals surface area contributed by atoms with Crippen molar-refractivity contribution >= 4 is 38.9 Å². The molecule has 0 saturated heterocycles. The van der Waals surface area contributed by atoms with Gasteiger partial charge >= 0.3 is 5.97 Å². The Kier molecular flexibility index (Phi) is 5.32. The van der Waals surface area contributed by atoms with Gasteiger partial charge in [-0.15, -0.1) is 11.3 Å². The van der Waals surface area contributed by atoms with Crippen molar-refractivity contribution in [3.05, 3.63) is 10.6 Å². The van der Waals surface area contributed by atoms with Gasteiger partial charge in [0.05, 0.1) is 17.4 Å². The molecule has 1 fully saturated rings. The number of nitrogens with zero attached hydrogens (tertiary/aromatic N) is 1. The molecule has 0 spiro atoms. The Morgan fingerprint density at radius 3 is 2.81 bits per heavy atom. The maximum Gasteiger partial charge on any atom is 0.308 e. The summed E-state index contributed by atoms with van der Waals surface area (Å²) in [5, 5.41) is 8.86. The Bertz CT molecular complexity index is 623. The van der Waals surface area contributed by atoms with Crippen LogP contribution in [0.2, 0.25) is 0 Å². The lowest BCUT2D eigenvalue weighted by molar-refractivity contribution is -0.136. The third-order valence-electron chi connectivity index (χ3n) is 3.64. The predicted octanol–water partition coefficient (Wildman–Crippen LogP) is 2.53. The highest BCUT2D eigenvalue weighted by atomic mass is 32.2. The number of hydrogen-bond donors (Lipinski definition) is 1. The van der Waals surface area contributed by atoms with Crippen molar-refractivity contribution in [1.29, 1.82) is 0 Å². The Morgan fingerprint density at radius 2 is 2.19 bits per heavy atom. The third kappa shape index (κ3) is 4.69. The molecule has 5 nitrogen and oxygen atoms in total. The molecule has 8 heteroatoms. The van der Waals surface area contributed by atoms with Crippen LogP contribution in [-0.2, 0) is 21.1 Å². The smallest absolute Gasteiger partial charge is 0.308 e. The van der Waals surface area contributed by atoms with E-state index in [1.807, 2.05) is 6.92 Å². The molecule has 1 heterocycles. The maximum absolute atomic E-state index is 11.7. The standard InChI is InChI=1S/C13H19NO4S3/c1-8-11(7-12(15)16)20-13(14-8)19-9-4-3-5-10(6-9)21(2,17)18/h9-10H,3-7H2,1-2H3,(H,15,16). The lowest BCUT2D eigenvalue weighted by Gasteiger charge is -2.26. The molecule has 21 heavy (non-hydrogen) atoms. The van der Waals surface area contributed by atoms with Crippen molar-refractivity contribution in [3.63, 3.8) is 0 Å². The molecular formula is C13H19NO4S3. The SMILES string of the molecule is Cc1nc(SC2CCCC(S(C)(=O)=O)C2)sc1CC(=O)O. The van der Waals surface area contributed by atoms with Crippen molar-refractivity contribution < 1.29 is 18.3 Å². The first kappa shape index (κ1) is 16.8. The second-order valence-corrected chi connectivity index (χ2v) is 10.4. The summed E-state index contributed by atoms with van der Waals surface area (Å²) in [6.07, 6.45) is 4.63. The number of carbonyl (C=O) groups is 1. The Hall–Kier alpha value is -0.600. The number of aromatic nitrogens is 1. The van der Waals surface area contributed by atoms with Crippen molar-refractivity contribution in [1.82, 2.24) is 4.98 Å². The van der Waals surface area contributed by atoms with Crippen molar-refractivity contribution in [2.75, 3.05) is 6.26 Å². The average Bonchev–Trinajstić information content (AvgIpc) is 2.68. The molecule has 1 aromatic rings. The summed E-state index contributed by atoms with van der Waals surface area (Å²) in [5.74, 6) is -0.854. The fourth-order valence-electron chi connectivity index (χ4n) is 2.49. The van der Waals surface area contributed by atoms with E-state index in [0.717, 1.165) is 34.2 Å². The first-order chi connectivity index (χ1) is 9.75. The zero-order valence-corrected chi connectivity index (χ0v) is 14.5. The molecule has 2 atom stereocenters. The van der Waals surface area contributed by atoms with E-state index >= 15 is 0 Å². The quantitative estimate of drug-likeness (QED) is 0.879. The van der Waals surface area contributed by atoms with Gasteiger partial charge in [-0.1, -0.05) is 18.2 Å². The van der Waals surface area contributed by atoms with E-state index in [9.17, 15) is 13.2 Å². The van der Waals surface area contributed by atoms with Gasteiger partial charge in [0.15, 0.2) is 4.34 Å². The topological polar surface area (TPSA) is 84.3 Å². The second kappa shape index (κ2) is 6.66. The third-order valence-corrected chi connectivity index (χ3v) is 7.82. The molecule has 1 aromatic heterocycles. The zero-order valence-electron chi connectivity index (χ0n) is 12.0. The molecule has 1 saturated carbocycles. The Morgan fingerprint density at radius 1 is 1.48 bits per heavy atom. The summed E-state index contributed by atoms with van der Waals surface area (Å²) in [5.41, 5.74) is 0.764. The fourth-order valence-corrected chi connectivity index (χ4v) is 6.56. The molecule has 1 aliphatic carbocycles. The second-order valence-electron chi connectivity index (χ2n) is 5.42. The lowest BCUT2D eigenvalue weighted by atomic mass is 10.00. The van der Waals surface area contributed by atoms with Crippen LogP contribution in [0.25, 0.3) is 0 Å². The molecule has 0 aromatic carbocycles. The zero-order chi connectivity index (χ0) is 15.6. The van der Waals surface area contributed by atoms with Gasteiger partial charge in [-0.3, -0.25) is 4.79 Å². The van der Waals surface area contributed by atoms with Gasteiger partial charge in [0.25, 0.3) is 0 Å². The average molecular weight is 349 g/mol. The molecule has 0 amide bonds. The van der Waals surface area contributed by atoms with Crippen molar-refractivity contribution in [2.24, 2.45) is 0 Å². The summed E-state index contributed by atoms with van der Waals surface area (Å²) in [4.78, 5) is 16.0. The van der Waals surface area contributed by atoms with Gasteiger partial charge in [-0.05, 0) is 26.2 Å². The lowest BCUT2D eigenvalue weighted by Crippen LogP contribution is -2.28. The first-order valence-corrected chi connectivity index (χ1v) is 10.4. The van der Waals surface area contributed by atoms with Gasteiger partial charge in [0, 0.05) is 16.4 Å². The number of thiazole rings is 1. The predicted molar refractivity (Wildman–Crippen MR) is 84.9 cm³/mol. The minimum atomic E-state index is -2.98. The number of aryl methyl sites for hydroxylation is 1. The number of rotatable bonds is 5. The summed E-state index contributed by atoms with van der Waals surface area (Å²) in [6, 6.07) is 0. The highest BCUT2D eigenvalue weighted by Crippen LogP contribution is 2.38. The van der Waals surface area contributed by atoms with E-state index in [1.165, 1.54) is 17.6 Å². The van der Waals surface area contributed by atoms with Crippen LogP contribution in [0.1, 0.15) is 36.3 Å². The minimum Gasteiger partial charge on any atom is -0.481 e. The van der Waals surface area contributed by atoms with E-state index in [4.69, 9.17) is 5.11 Å². The van der Waals surface area contributed by atoms with Crippen LogP contribution in [0, 0.1) is 6.92 Å². The van der Waals surface area contributed by atoms with Gasteiger partial charge in [-0.25, -0.2) is 13.4 Å². The summed E-state index contributed by atoms with van der Waals surface area (Å²) >= 11 is 3.01. The maximum atomic E-state index is 11.7. The van der Waals surface area contributed by atoms with Crippen LogP contribution in [-0.4, -0.2) is 41.2 Å². The van der Waals surface area contributed by atoms with Crippen LogP contribution in [0.15, 0.2) is 4.34 Å². The van der Waals surface area contributed by atoms with Gasteiger partial charge in [0.2, 0.25) is 0 Å². The highest BCUT2D eigenvalue weighted by molar-refractivity contribution is 8.01. The number of thioether (sulfide) groups is 1. The Balaban J connectivity index is 2.03. The minimum absolute atomic E-state index is 0.000685. The number of hydrogen-bond acceptors (Lipinski definition) is 6. The van der Waals surface area contributed by atoms with Crippen LogP contribution in [0.5, 0.6) is 0 Å². The molecule has 0 radical (unpaired) electrons. The van der Waals surface area contributed by atoms with Gasteiger partial charge in [0.1, 0.15) is 9.84 Å². The fraction of sp³-hybridized carbons (Fsp3) is 0.692. The normalized spacial score (nSPS) is 23.1. The van der Waals surface area contributed by atoms with Gasteiger partial charge in [-0.2, -0.15) is 0 Å². The van der Waals surface area contributed by atoms with E-state index < -0.39 is 15.8 Å². The number of sulfone groups is 1. The van der Waals surface area contributed by atoms with Crippen LogP contribution < -0.4 is 0 Å². The van der Waals surface area contributed by atoms with Gasteiger partial charge < -0.3 is 5.11 Å². The molecule has 2 unspecified atom stereocenters. The number of carboxylic acids is 1. The first-order valence-electron chi connectivity index (χ1n) is 6.79. The molecule has 0 aliphatic heterocycles. The van der Waals surface area contributed by atoms with E-state index in [-0.39, 0.29) is 16.9 Å². The van der Waals surface area contributed by atoms with Crippen molar-refractivity contribution in [2.45, 2.75) is 53.9 Å². The molecule has 118 valence electrons. The summed E-state index contributed by atoms with van der Waals surface area (Å²) in [6.45, 7) is 1.82. The Labute approximate surface area is 133 Å². The summed E-state index contributed by atoms with van der Waals surface area (Å²) < 4.78 is 24.2. The highest BCUT2D eigenvalue weighted by Gasteiger charge is 2.30. The number of carboxylic acid groups (broad SMARTS) is 1.